The van der Waals surface area contributed by atoms with Gasteiger partial charge in [-0.2, -0.15) is 0 Å². The molecule has 0 aliphatic heterocycles. The normalized spacial score (nSPS) is 12.3. The van der Waals surface area contributed by atoms with E-state index in [1.165, 1.54) is 15.9 Å². The van der Waals surface area contributed by atoms with Crippen molar-refractivity contribution < 1.29 is 8.42 Å². The molecule has 2 N–H and O–H groups in total. The fourth-order valence-corrected chi connectivity index (χ4v) is 3.67. The van der Waals surface area contributed by atoms with Crippen molar-refractivity contribution in [2.75, 3.05) is 0 Å². The summed E-state index contributed by atoms with van der Waals surface area (Å²) in [6.45, 7) is 6.27. The van der Waals surface area contributed by atoms with Crippen molar-refractivity contribution in [1.29, 1.82) is 0 Å². The maximum atomic E-state index is 11.6. The van der Waals surface area contributed by atoms with Crippen molar-refractivity contribution in [1.82, 2.24) is 14.8 Å². The van der Waals surface area contributed by atoms with Gasteiger partial charge in [-0.15, -0.1) is 21.5 Å². The summed E-state index contributed by atoms with van der Waals surface area (Å²) in [4.78, 5) is 0.701. The Morgan fingerprint density at radius 1 is 1.45 bits per heavy atom. The Bertz CT molecular complexity index is 734. The molecular weight excluding hydrogens is 320 g/mol. The number of sulfonamides is 1. The first kappa shape index (κ1) is 15.4. The second-order valence-corrected chi connectivity index (χ2v) is 7.63. The fraction of sp³-hybridized carbons (Fsp3) is 0.455. The number of nitrogens with two attached hydrogens (primary N) is 1. The maximum Gasteiger partial charge on any atom is 0.273 e. The quantitative estimate of drug-likeness (QED) is 0.928. The molecule has 9 heteroatoms. The summed E-state index contributed by atoms with van der Waals surface area (Å²) in [5.41, 5.74) is 0.919. The van der Waals surface area contributed by atoms with Crippen LogP contribution in [0, 0.1) is 12.8 Å². The third-order valence-electron chi connectivity index (χ3n) is 2.62. The number of nitrogens with zero attached hydrogens (tertiary/aromatic N) is 3. The van der Waals surface area contributed by atoms with E-state index in [4.69, 9.17) is 16.7 Å². The van der Waals surface area contributed by atoms with E-state index in [2.05, 4.69) is 10.2 Å². The highest BCUT2D eigenvalue weighted by atomic mass is 35.5. The molecule has 2 rings (SSSR count). The number of hydrogen-bond donors (Lipinski definition) is 1. The minimum atomic E-state index is -3.92. The Labute approximate surface area is 126 Å². The molecule has 2 aromatic heterocycles. The smallest absolute Gasteiger partial charge is 0.273 e. The molecular formula is C11H15ClN4O2S2. The highest BCUT2D eigenvalue weighted by molar-refractivity contribution is 7.89. The van der Waals surface area contributed by atoms with E-state index in [0.717, 1.165) is 5.56 Å². The van der Waals surface area contributed by atoms with E-state index in [1.807, 2.05) is 26.2 Å². The van der Waals surface area contributed by atoms with Crippen LogP contribution in [0.25, 0.3) is 10.7 Å². The first-order valence-electron chi connectivity index (χ1n) is 5.91. The Kier molecular flexibility index (Phi) is 4.19. The molecule has 0 atom stereocenters. The van der Waals surface area contributed by atoms with Crippen LogP contribution in [0.2, 0.25) is 5.02 Å². The number of halogens is 1. The summed E-state index contributed by atoms with van der Waals surface area (Å²) in [6.07, 6.45) is 0. The van der Waals surface area contributed by atoms with Crippen molar-refractivity contribution in [3.63, 3.8) is 0 Å². The Morgan fingerprint density at radius 2 is 2.10 bits per heavy atom. The molecule has 0 unspecified atom stereocenters. The van der Waals surface area contributed by atoms with Gasteiger partial charge in [-0.1, -0.05) is 25.4 Å². The highest BCUT2D eigenvalue weighted by Gasteiger charge is 2.24. The predicted molar refractivity (Wildman–Crippen MR) is 79.3 cm³/mol. The van der Waals surface area contributed by atoms with Crippen LogP contribution in [0.15, 0.2) is 10.5 Å². The topological polar surface area (TPSA) is 90.9 Å². The molecule has 110 valence electrons. The average molecular weight is 335 g/mol. The number of primary sulfonamides is 1. The number of rotatable bonds is 4. The van der Waals surface area contributed by atoms with Crippen LogP contribution in [0.5, 0.6) is 0 Å². The van der Waals surface area contributed by atoms with Crippen LogP contribution in [-0.2, 0) is 16.6 Å². The van der Waals surface area contributed by atoms with Gasteiger partial charge in [0.15, 0.2) is 5.82 Å². The maximum absolute atomic E-state index is 11.6. The lowest BCUT2D eigenvalue weighted by Gasteiger charge is -2.11. The van der Waals surface area contributed by atoms with Crippen LogP contribution in [0.3, 0.4) is 0 Å². The summed E-state index contributed by atoms with van der Waals surface area (Å²) in [6, 6.07) is 0. The Balaban J connectivity index is 2.65. The Hall–Kier alpha value is -0.960. The van der Waals surface area contributed by atoms with Crippen LogP contribution in [-0.4, -0.2) is 23.2 Å². The zero-order valence-corrected chi connectivity index (χ0v) is 13.7. The van der Waals surface area contributed by atoms with Crippen molar-refractivity contribution in [2.45, 2.75) is 32.5 Å². The molecule has 0 aliphatic carbocycles. The van der Waals surface area contributed by atoms with E-state index in [0.29, 0.717) is 22.3 Å². The van der Waals surface area contributed by atoms with Gasteiger partial charge in [0, 0.05) is 6.54 Å². The third-order valence-corrected chi connectivity index (χ3v) is 5.13. The summed E-state index contributed by atoms with van der Waals surface area (Å²) in [5, 5.41) is 15.1. The first-order valence-corrected chi connectivity index (χ1v) is 8.72. The average Bonchev–Trinajstić information content (AvgIpc) is 2.83. The molecule has 6 nitrogen and oxygen atoms in total. The van der Waals surface area contributed by atoms with Crippen molar-refractivity contribution in [2.24, 2.45) is 11.1 Å². The lowest BCUT2D eigenvalue weighted by molar-refractivity contribution is 0.486. The van der Waals surface area contributed by atoms with Crippen LogP contribution < -0.4 is 5.14 Å². The van der Waals surface area contributed by atoms with Gasteiger partial charge < -0.3 is 0 Å². The zero-order valence-electron chi connectivity index (χ0n) is 11.3. The molecule has 0 bridgehead atoms. The molecule has 0 saturated carbocycles. The lowest BCUT2D eigenvalue weighted by Crippen LogP contribution is -2.20. The fourth-order valence-electron chi connectivity index (χ4n) is 1.78. The molecule has 0 aliphatic rings. The molecule has 2 heterocycles. The van der Waals surface area contributed by atoms with E-state index >= 15 is 0 Å². The van der Waals surface area contributed by atoms with Crippen LogP contribution in [0.1, 0.15) is 19.4 Å². The van der Waals surface area contributed by atoms with Gasteiger partial charge in [-0.05, 0) is 23.8 Å². The number of aryl methyl sites for hydroxylation is 1. The standard InChI is InChI=1S/C11H15ClN4O2S2/c1-6(2)4-16-10(9-8(12)7(3)5-19-9)14-15-11(16)20(13,17)18/h5-6H,4H2,1-3H3,(H2,13,17,18). The number of thiophene rings is 1. The van der Waals surface area contributed by atoms with Gasteiger partial charge in [0.05, 0.1) is 9.90 Å². The summed E-state index contributed by atoms with van der Waals surface area (Å²) in [7, 11) is -3.92. The van der Waals surface area contributed by atoms with Crippen LogP contribution >= 0.6 is 22.9 Å². The Morgan fingerprint density at radius 3 is 2.55 bits per heavy atom. The molecule has 0 spiro atoms. The molecule has 2 aromatic rings. The molecule has 20 heavy (non-hydrogen) atoms. The van der Waals surface area contributed by atoms with Gasteiger partial charge >= 0.3 is 0 Å². The first-order chi connectivity index (χ1) is 9.21. The molecule has 0 amide bonds. The van der Waals surface area contributed by atoms with E-state index in [1.54, 1.807) is 0 Å². The van der Waals surface area contributed by atoms with E-state index in [-0.39, 0.29) is 11.1 Å². The summed E-state index contributed by atoms with van der Waals surface area (Å²) >= 11 is 7.63. The molecule has 0 fully saturated rings. The second kappa shape index (κ2) is 5.44. The third kappa shape index (κ3) is 2.88. The van der Waals surface area contributed by atoms with E-state index < -0.39 is 10.0 Å². The second-order valence-electron chi connectivity index (χ2n) is 4.92. The monoisotopic (exact) mass is 334 g/mol. The zero-order chi connectivity index (χ0) is 15.1. The van der Waals surface area contributed by atoms with E-state index in [9.17, 15) is 8.42 Å². The van der Waals surface area contributed by atoms with Crippen molar-refractivity contribution in [3.05, 3.63) is 16.0 Å². The summed E-state index contributed by atoms with van der Waals surface area (Å²) in [5.74, 6) is 0.649. The summed E-state index contributed by atoms with van der Waals surface area (Å²) < 4.78 is 24.7. The highest BCUT2D eigenvalue weighted by Crippen LogP contribution is 2.36. The molecule has 0 radical (unpaired) electrons. The number of aromatic nitrogens is 3. The van der Waals surface area contributed by atoms with Gasteiger partial charge in [0.2, 0.25) is 0 Å². The largest absolute Gasteiger partial charge is 0.296 e. The minimum Gasteiger partial charge on any atom is -0.296 e. The van der Waals surface area contributed by atoms with Gasteiger partial charge in [-0.25, -0.2) is 13.6 Å². The minimum absolute atomic E-state index is 0.213. The van der Waals surface area contributed by atoms with Crippen LogP contribution in [0.4, 0.5) is 0 Å². The van der Waals surface area contributed by atoms with Gasteiger partial charge in [-0.3, -0.25) is 4.57 Å². The molecule has 0 saturated heterocycles. The lowest BCUT2D eigenvalue weighted by atomic mass is 10.2. The SMILES string of the molecule is Cc1csc(-c2nnc(S(N)(=O)=O)n2CC(C)C)c1Cl. The van der Waals surface area contributed by atoms with Crippen molar-refractivity contribution in [3.8, 4) is 10.7 Å². The molecule has 0 aromatic carbocycles. The van der Waals surface area contributed by atoms with Gasteiger partial charge in [0.25, 0.3) is 15.2 Å². The van der Waals surface area contributed by atoms with Crippen molar-refractivity contribution >= 4 is 33.0 Å². The predicted octanol–water partition coefficient (Wildman–Crippen LogP) is 2.27. The number of hydrogen-bond acceptors (Lipinski definition) is 5. The van der Waals surface area contributed by atoms with Gasteiger partial charge in [0.1, 0.15) is 0 Å².